The summed E-state index contributed by atoms with van der Waals surface area (Å²) >= 11 is 3.34. The van der Waals surface area contributed by atoms with E-state index in [-0.39, 0.29) is 23.3 Å². The molecule has 1 fully saturated rings. The molecule has 9 heteroatoms. The minimum atomic E-state index is -3.59. The highest BCUT2D eigenvalue weighted by Gasteiger charge is 2.32. The van der Waals surface area contributed by atoms with Gasteiger partial charge in [0.25, 0.3) is 0 Å². The van der Waals surface area contributed by atoms with Crippen LogP contribution in [-0.4, -0.2) is 36.7 Å². The molecule has 0 aliphatic carbocycles. The van der Waals surface area contributed by atoms with E-state index in [1.165, 1.54) is 16.4 Å². The fourth-order valence-corrected chi connectivity index (χ4v) is 5.55. The lowest BCUT2D eigenvalue weighted by molar-refractivity contribution is -0.126. The van der Waals surface area contributed by atoms with Crippen LogP contribution < -0.4 is 5.32 Å². The summed E-state index contributed by atoms with van der Waals surface area (Å²) in [7, 11) is -3.59. The second-order valence-corrected chi connectivity index (χ2v) is 9.68. The van der Waals surface area contributed by atoms with E-state index in [2.05, 4.69) is 26.2 Å². The first-order valence-electron chi connectivity index (χ1n) is 8.91. The zero-order chi connectivity index (χ0) is 20.3. The Labute approximate surface area is 172 Å². The fraction of sp³-hybridized carbons (Fsp3) is 0.368. The first kappa shape index (κ1) is 20.9. The van der Waals surface area contributed by atoms with Crippen molar-refractivity contribution in [2.45, 2.75) is 31.2 Å². The number of nitrogens with one attached hydrogen (secondary N) is 1. The maximum atomic E-state index is 12.9. The van der Waals surface area contributed by atoms with Gasteiger partial charge in [-0.1, -0.05) is 15.9 Å². The lowest BCUT2D eigenvalue weighted by atomic mass is 9.97. The van der Waals surface area contributed by atoms with Crippen LogP contribution in [0.2, 0.25) is 0 Å². The molecule has 150 valence electrons. The monoisotopic (exact) mass is 469 g/mol. The maximum absolute atomic E-state index is 12.9. The molecule has 0 spiro atoms. The van der Waals surface area contributed by atoms with Crippen molar-refractivity contribution < 1.29 is 17.6 Å². The van der Waals surface area contributed by atoms with E-state index in [0.717, 1.165) is 16.2 Å². The maximum Gasteiger partial charge on any atom is 0.243 e. The first-order chi connectivity index (χ1) is 13.3. The Morgan fingerprint density at radius 3 is 2.61 bits per heavy atom. The van der Waals surface area contributed by atoms with Crippen LogP contribution in [0, 0.1) is 18.7 Å². The number of piperidine rings is 1. The molecule has 1 amide bonds. The van der Waals surface area contributed by atoms with Gasteiger partial charge in [-0.15, -0.1) is 0 Å². The van der Waals surface area contributed by atoms with Crippen molar-refractivity contribution in [3.8, 4) is 0 Å². The molecule has 6 nitrogen and oxygen atoms in total. The number of carbonyl (C=O) groups is 1. The SMILES string of the molecule is Cc1cc(Br)cc(S(=O)(=O)N2CCC(C(=O)NCc3ccc(F)cn3)CC2)c1. The fourth-order valence-electron chi connectivity index (χ4n) is 3.19. The van der Waals surface area contributed by atoms with Gasteiger partial charge in [0.2, 0.25) is 15.9 Å². The molecule has 0 radical (unpaired) electrons. The molecule has 1 aromatic carbocycles. The van der Waals surface area contributed by atoms with Crippen molar-refractivity contribution >= 4 is 31.9 Å². The summed E-state index contributed by atoms with van der Waals surface area (Å²) in [4.78, 5) is 16.5. The highest BCUT2D eigenvalue weighted by atomic mass is 79.9. The second kappa shape index (κ2) is 8.67. The number of aromatic nitrogens is 1. The Balaban J connectivity index is 1.57. The van der Waals surface area contributed by atoms with Crippen molar-refractivity contribution in [2.24, 2.45) is 5.92 Å². The molecule has 0 bridgehead atoms. The summed E-state index contributed by atoms with van der Waals surface area (Å²) in [5.41, 5.74) is 1.43. The summed E-state index contributed by atoms with van der Waals surface area (Å²) in [6, 6.07) is 7.91. The molecule has 28 heavy (non-hydrogen) atoms. The van der Waals surface area contributed by atoms with Crippen LogP contribution in [-0.2, 0) is 21.4 Å². The van der Waals surface area contributed by atoms with E-state index in [1.807, 2.05) is 13.0 Å². The van der Waals surface area contributed by atoms with Crippen LogP contribution in [0.1, 0.15) is 24.1 Å². The number of benzene rings is 1. The van der Waals surface area contributed by atoms with Crippen molar-refractivity contribution in [1.29, 1.82) is 0 Å². The zero-order valence-electron chi connectivity index (χ0n) is 15.4. The van der Waals surface area contributed by atoms with Gasteiger partial charge < -0.3 is 5.32 Å². The number of aryl methyl sites for hydroxylation is 1. The molecule has 1 aliphatic heterocycles. The van der Waals surface area contributed by atoms with E-state index >= 15 is 0 Å². The quantitative estimate of drug-likeness (QED) is 0.729. The molecule has 1 saturated heterocycles. The molecule has 0 unspecified atom stereocenters. The highest BCUT2D eigenvalue weighted by molar-refractivity contribution is 9.10. The van der Waals surface area contributed by atoms with Gasteiger partial charge in [-0.05, 0) is 55.7 Å². The van der Waals surface area contributed by atoms with E-state index < -0.39 is 15.8 Å². The summed E-state index contributed by atoms with van der Waals surface area (Å²) in [6.45, 7) is 2.65. The van der Waals surface area contributed by atoms with Crippen LogP contribution in [0.5, 0.6) is 0 Å². The molecule has 3 rings (SSSR count). The third-order valence-electron chi connectivity index (χ3n) is 4.71. The van der Waals surface area contributed by atoms with Crippen LogP contribution >= 0.6 is 15.9 Å². The van der Waals surface area contributed by atoms with Gasteiger partial charge in [-0.2, -0.15) is 4.31 Å². The van der Waals surface area contributed by atoms with Crippen molar-refractivity contribution in [3.05, 3.63) is 58.1 Å². The highest BCUT2D eigenvalue weighted by Crippen LogP contribution is 2.26. The van der Waals surface area contributed by atoms with Gasteiger partial charge in [0, 0.05) is 23.5 Å². The van der Waals surface area contributed by atoms with Crippen LogP contribution in [0.4, 0.5) is 4.39 Å². The Kier molecular flexibility index (Phi) is 6.47. The van der Waals surface area contributed by atoms with Crippen LogP contribution in [0.15, 0.2) is 45.9 Å². The van der Waals surface area contributed by atoms with Crippen LogP contribution in [0.25, 0.3) is 0 Å². The van der Waals surface area contributed by atoms with E-state index in [1.54, 1.807) is 12.1 Å². The molecule has 1 N–H and O–H groups in total. The molecule has 2 aromatic rings. The van der Waals surface area contributed by atoms with Gasteiger partial charge >= 0.3 is 0 Å². The lowest BCUT2D eigenvalue weighted by Crippen LogP contribution is -2.42. The van der Waals surface area contributed by atoms with Crippen molar-refractivity contribution in [3.63, 3.8) is 0 Å². The molecular weight excluding hydrogens is 449 g/mol. The average Bonchev–Trinajstić information content (AvgIpc) is 2.66. The number of halogens is 2. The smallest absolute Gasteiger partial charge is 0.243 e. The molecular formula is C19H21BrFN3O3S. The standard InChI is InChI=1S/C19H21BrFN3O3S/c1-13-8-15(20)10-18(9-13)28(26,27)24-6-4-14(5-7-24)19(25)23-12-17-3-2-16(21)11-22-17/h2-3,8-11,14H,4-7,12H2,1H3,(H,23,25). The van der Waals surface area contributed by atoms with E-state index in [9.17, 15) is 17.6 Å². The van der Waals surface area contributed by atoms with Gasteiger partial charge in [0.05, 0.1) is 23.3 Å². The Hall–Kier alpha value is -1.84. The summed E-state index contributed by atoms with van der Waals surface area (Å²) < 4.78 is 40.8. The number of amides is 1. The zero-order valence-corrected chi connectivity index (χ0v) is 17.8. The minimum Gasteiger partial charge on any atom is -0.350 e. The minimum absolute atomic E-state index is 0.138. The molecule has 1 aliphatic rings. The van der Waals surface area contributed by atoms with Gasteiger partial charge in [-0.25, -0.2) is 12.8 Å². The normalized spacial score (nSPS) is 16.1. The number of nitrogens with zero attached hydrogens (tertiary/aromatic N) is 2. The first-order valence-corrected chi connectivity index (χ1v) is 11.1. The third kappa shape index (κ3) is 4.95. The number of carbonyl (C=O) groups excluding carboxylic acids is 1. The predicted molar refractivity (Wildman–Crippen MR) is 106 cm³/mol. The number of sulfonamides is 1. The largest absolute Gasteiger partial charge is 0.350 e. The summed E-state index contributed by atoms with van der Waals surface area (Å²) in [6.07, 6.45) is 2.01. The summed E-state index contributed by atoms with van der Waals surface area (Å²) in [5, 5.41) is 2.79. The molecule has 1 aromatic heterocycles. The van der Waals surface area contributed by atoms with Gasteiger partial charge in [-0.3, -0.25) is 9.78 Å². The van der Waals surface area contributed by atoms with Crippen LogP contribution in [0.3, 0.4) is 0 Å². The number of hydrogen-bond donors (Lipinski definition) is 1. The van der Waals surface area contributed by atoms with E-state index in [0.29, 0.717) is 31.6 Å². The topological polar surface area (TPSA) is 79.4 Å². The predicted octanol–water partition coefficient (Wildman–Crippen LogP) is 3.01. The third-order valence-corrected chi connectivity index (χ3v) is 7.04. The Morgan fingerprint density at radius 2 is 2.00 bits per heavy atom. The number of hydrogen-bond acceptors (Lipinski definition) is 4. The molecule has 0 atom stereocenters. The van der Waals surface area contributed by atoms with Gasteiger partial charge in [0.1, 0.15) is 5.82 Å². The van der Waals surface area contributed by atoms with Crippen molar-refractivity contribution in [1.82, 2.24) is 14.6 Å². The molecule has 0 saturated carbocycles. The Morgan fingerprint density at radius 1 is 1.29 bits per heavy atom. The molecule has 2 heterocycles. The Bertz CT molecular complexity index is 939. The summed E-state index contributed by atoms with van der Waals surface area (Å²) in [5.74, 6) is -0.818. The van der Waals surface area contributed by atoms with E-state index in [4.69, 9.17) is 0 Å². The number of pyridine rings is 1. The average molecular weight is 470 g/mol. The number of rotatable bonds is 5. The van der Waals surface area contributed by atoms with Gasteiger partial charge in [0.15, 0.2) is 0 Å². The lowest BCUT2D eigenvalue weighted by Gasteiger charge is -2.30. The second-order valence-electron chi connectivity index (χ2n) is 6.83. The van der Waals surface area contributed by atoms with Crippen molar-refractivity contribution in [2.75, 3.05) is 13.1 Å².